The van der Waals surface area contributed by atoms with E-state index in [2.05, 4.69) is 10.2 Å². The van der Waals surface area contributed by atoms with Crippen LogP contribution in [0.25, 0.3) is 0 Å². The van der Waals surface area contributed by atoms with Crippen LogP contribution in [0, 0.1) is 10.1 Å². The molecule has 0 radical (unpaired) electrons. The number of nitrogens with zero attached hydrogens (tertiary/aromatic N) is 3. The Morgan fingerprint density at radius 3 is 2.33 bits per heavy atom. The molecule has 1 heterocycles. The Labute approximate surface area is 255 Å². The van der Waals surface area contributed by atoms with E-state index < -0.39 is 43.6 Å². The second kappa shape index (κ2) is 13.4. The summed E-state index contributed by atoms with van der Waals surface area (Å²) in [5.74, 6) is -0.497. The molecule has 0 spiro atoms. The van der Waals surface area contributed by atoms with Crippen molar-refractivity contribution in [2.45, 2.75) is 37.2 Å². The average Bonchev–Trinajstić information content (AvgIpc) is 3.50. The summed E-state index contributed by atoms with van der Waals surface area (Å²) >= 11 is 6.48. The largest absolute Gasteiger partial charge is 0.371 e. The molecule has 0 aromatic heterocycles. The number of sulfonamides is 1. The number of carbonyl (C=O) groups is 1. The van der Waals surface area contributed by atoms with Gasteiger partial charge in [0.15, 0.2) is 0 Å². The molecule has 1 aliphatic rings. The highest BCUT2D eigenvalue weighted by atomic mass is 35.5. The summed E-state index contributed by atoms with van der Waals surface area (Å²) in [5.41, 5.74) is 1.59. The molecule has 3 aromatic rings. The third-order valence-electron chi connectivity index (χ3n) is 6.93. The van der Waals surface area contributed by atoms with Gasteiger partial charge in [0.2, 0.25) is 10.0 Å². The fourth-order valence-corrected chi connectivity index (χ4v) is 6.96. The van der Waals surface area contributed by atoms with Crippen LogP contribution in [-0.2, 0) is 30.9 Å². The van der Waals surface area contributed by atoms with Gasteiger partial charge in [-0.05, 0) is 61.7 Å². The highest BCUT2D eigenvalue weighted by molar-refractivity contribution is 7.89. The van der Waals surface area contributed by atoms with Gasteiger partial charge in [0, 0.05) is 49.2 Å². The van der Waals surface area contributed by atoms with Crippen molar-refractivity contribution >= 4 is 54.7 Å². The van der Waals surface area contributed by atoms with E-state index in [-0.39, 0.29) is 27.7 Å². The number of benzene rings is 3. The Morgan fingerprint density at radius 2 is 1.72 bits per heavy atom. The summed E-state index contributed by atoms with van der Waals surface area (Å²) in [6.45, 7) is 2.53. The standard InChI is InChI=1S/C28H31ClN4O8S2/c1-20(19-41-42(2,37)38)32(43(39,40)24-12-9-22(10-13-24)33(35)36)18-21-7-3-4-8-27(21)30-28(34)25-14-11-23(17-26(25)29)31-15-5-6-16-31/h3-4,7-14,17,20H,5-6,15-16,18-19H2,1-2H3,(H,30,34)/t20-/m1/s1. The first-order valence-electron chi connectivity index (χ1n) is 13.3. The number of amides is 1. The van der Waals surface area contributed by atoms with Gasteiger partial charge in [-0.25, -0.2) is 8.42 Å². The molecule has 0 aliphatic carbocycles. The zero-order valence-corrected chi connectivity index (χ0v) is 25.9. The third-order valence-corrected chi connectivity index (χ3v) is 9.78. The predicted molar refractivity (Wildman–Crippen MR) is 163 cm³/mol. The third kappa shape index (κ3) is 8.09. The molecule has 1 aliphatic heterocycles. The van der Waals surface area contributed by atoms with E-state index in [4.69, 9.17) is 15.8 Å². The molecule has 4 rings (SSSR count). The maximum absolute atomic E-state index is 13.8. The number of nitro benzene ring substituents is 1. The van der Waals surface area contributed by atoms with E-state index in [0.717, 1.165) is 66.4 Å². The van der Waals surface area contributed by atoms with Gasteiger partial charge in [-0.2, -0.15) is 12.7 Å². The monoisotopic (exact) mass is 650 g/mol. The molecule has 3 aromatic carbocycles. The van der Waals surface area contributed by atoms with E-state index in [1.54, 1.807) is 36.4 Å². The van der Waals surface area contributed by atoms with Gasteiger partial charge in [-0.3, -0.25) is 19.1 Å². The normalized spacial score (nSPS) is 14.6. The minimum absolute atomic E-state index is 0.240. The number of halogens is 1. The molecule has 1 fully saturated rings. The zero-order valence-electron chi connectivity index (χ0n) is 23.5. The number of nitro groups is 1. The first kappa shape index (κ1) is 32.4. The van der Waals surface area contributed by atoms with Crippen molar-refractivity contribution in [2.24, 2.45) is 0 Å². The van der Waals surface area contributed by atoms with E-state index in [0.29, 0.717) is 11.3 Å². The summed E-state index contributed by atoms with van der Waals surface area (Å²) < 4.78 is 56.8. The lowest BCUT2D eigenvalue weighted by Gasteiger charge is -2.29. The SMILES string of the molecule is C[C@H](COS(C)(=O)=O)N(Cc1ccccc1NC(=O)c1ccc(N2CCCC2)cc1Cl)S(=O)(=O)c1ccc([N+](=O)[O-])cc1. The van der Waals surface area contributed by atoms with Crippen molar-refractivity contribution in [2.75, 3.05) is 36.2 Å². The van der Waals surface area contributed by atoms with Crippen LogP contribution in [0.3, 0.4) is 0 Å². The number of hydrogen-bond donors (Lipinski definition) is 1. The maximum Gasteiger partial charge on any atom is 0.269 e. The summed E-state index contributed by atoms with van der Waals surface area (Å²) in [4.78, 5) is 25.7. The summed E-state index contributed by atoms with van der Waals surface area (Å²) in [5, 5.41) is 14.2. The first-order valence-corrected chi connectivity index (χ1v) is 16.9. The fourth-order valence-electron chi connectivity index (χ4n) is 4.66. The lowest BCUT2D eigenvalue weighted by Crippen LogP contribution is -2.41. The number of hydrogen-bond acceptors (Lipinski definition) is 9. The Hall–Kier alpha value is -3.56. The zero-order chi connectivity index (χ0) is 31.4. The topological polar surface area (TPSA) is 156 Å². The van der Waals surface area contributed by atoms with Crippen LogP contribution in [0.5, 0.6) is 0 Å². The van der Waals surface area contributed by atoms with Gasteiger partial charge in [0.05, 0.1) is 33.3 Å². The van der Waals surface area contributed by atoms with Crippen molar-refractivity contribution in [1.29, 1.82) is 0 Å². The maximum atomic E-state index is 13.8. The minimum Gasteiger partial charge on any atom is -0.371 e. The van der Waals surface area contributed by atoms with E-state index in [9.17, 15) is 31.7 Å². The van der Waals surface area contributed by atoms with E-state index in [1.165, 1.54) is 6.92 Å². The molecule has 0 unspecified atom stereocenters. The van der Waals surface area contributed by atoms with E-state index in [1.807, 2.05) is 6.07 Å². The number of para-hydroxylation sites is 1. The van der Waals surface area contributed by atoms with Crippen LogP contribution >= 0.6 is 11.6 Å². The Kier molecular flexibility index (Phi) is 10.1. The Bertz CT molecular complexity index is 1710. The second-order valence-electron chi connectivity index (χ2n) is 10.1. The van der Waals surface area contributed by atoms with Gasteiger partial charge in [-0.15, -0.1) is 0 Å². The van der Waals surface area contributed by atoms with Crippen molar-refractivity contribution < 1.29 is 30.7 Å². The molecular weight excluding hydrogens is 620 g/mol. The predicted octanol–water partition coefficient (Wildman–Crippen LogP) is 4.66. The Balaban J connectivity index is 1.63. The molecule has 1 N–H and O–H groups in total. The number of rotatable bonds is 12. The molecule has 12 nitrogen and oxygen atoms in total. The molecule has 1 amide bonds. The van der Waals surface area contributed by atoms with Crippen LogP contribution in [0.1, 0.15) is 35.7 Å². The van der Waals surface area contributed by atoms with Gasteiger partial charge in [-0.1, -0.05) is 29.8 Å². The lowest BCUT2D eigenvalue weighted by atomic mass is 10.1. The smallest absolute Gasteiger partial charge is 0.269 e. The van der Waals surface area contributed by atoms with Crippen molar-refractivity contribution in [3.8, 4) is 0 Å². The lowest BCUT2D eigenvalue weighted by molar-refractivity contribution is -0.384. The number of nitrogens with one attached hydrogen (secondary N) is 1. The molecule has 15 heteroatoms. The molecule has 43 heavy (non-hydrogen) atoms. The van der Waals surface area contributed by atoms with Crippen molar-refractivity contribution in [3.63, 3.8) is 0 Å². The Morgan fingerprint density at radius 1 is 1.07 bits per heavy atom. The number of carbonyl (C=O) groups excluding carboxylic acids is 1. The van der Waals surface area contributed by atoms with Crippen LogP contribution < -0.4 is 10.2 Å². The number of non-ortho nitro benzene ring substituents is 1. The van der Waals surface area contributed by atoms with Gasteiger partial charge in [0.25, 0.3) is 21.7 Å². The molecule has 0 saturated carbocycles. The van der Waals surface area contributed by atoms with Crippen LogP contribution in [0.2, 0.25) is 5.02 Å². The van der Waals surface area contributed by atoms with Gasteiger partial charge >= 0.3 is 0 Å². The molecule has 1 atom stereocenters. The van der Waals surface area contributed by atoms with Crippen molar-refractivity contribution in [1.82, 2.24) is 4.31 Å². The first-order chi connectivity index (χ1) is 20.3. The summed E-state index contributed by atoms with van der Waals surface area (Å²) in [7, 11) is -8.22. The molecule has 0 bridgehead atoms. The summed E-state index contributed by atoms with van der Waals surface area (Å²) in [6, 6.07) is 15.1. The van der Waals surface area contributed by atoms with Crippen LogP contribution in [-0.4, -0.2) is 64.0 Å². The van der Waals surface area contributed by atoms with Gasteiger partial charge < -0.3 is 10.2 Å². The second-order valence-corrected chi connectivity index (χ2v) is 14.1. The van der Waals surface area contributed by atoms with Crippen LogP contribution in [0.4, 0.5) is 17.1 Å². The minimum atomic E-state index is -4.33. The average molecular weight is 651 g/mol. The quantitative estimate of drug-likeness (QED) is 0.167. The highest BCUT2D eigenvalue weighted by Crippen LogP contribution is 2.29. The summed E-state index contributed by atoms with van der Waals surface area (Å²) in [6.07, 6.45) is 3.03. The molecule has 1 saturated heterocycles. The highest BCUT2D eigenvalue weighted by Gasteiger charge is 2.31. The van der Waals surface area contributed by atoms with Crippen molar-refractivity contribution in [3.05, 3.63) is 93.0 Å². The van der Waals surface area contributed by atoms with E-state index >= 15 is 0 Å². The molecular formula is C28H31ClN4O8S2. The van der Waals surface area contributed by atoms with Crippen LogP contribution in [0.15, 0.2) is 71.6 Å². The molecule has 230 valence electrons. The van der Waals surface area contributed by atoms with Gasteiger partial charge in [0.1, 0.15) is 0 Å². The fraction of sp³-hybridized carbons (Fsp3) is 0.321. The number of anilines is 2.